The van der Waals surface area contributed by atoms with Crippen molar-refractivity contribution in [2.75, 3.05) is 24.6 Å². The summed E-state index contributed by atoms with van der Waals surface area (Å²) in [6.07, 6.45) is 8.45. The molecular weight excluding hydrogens is 409 g/mol. The van der Waals surface area contributed by atoms with Gasteiger partial charge in [0.25, 0.3) is 5.89 Å². The van der Waals surface area contributed by atoms with Crippen LogP contribution in [0.15, 0.2) is 35.0 Å². The van der Waals surface area contributed by atoms with Gasteiger partial charge in [-0.15, -0.1) is 10.2 Å². The number of piperidine rings is 1. The van der Waals surface area contributed by atoms with Crippen LogP contribution in [0.1, 0.15) is 37.1 Å². The monoisotopic (exact) mass is 437 g/mol. The highest BCUT2D eigenvalue weighted by Gasteiger charge is 2.43. The Morgan fingerprint density at radius 2 is 1.91 bits per heavy atom. The summed E-state index contributed by atoms with van der Waals surface area (Å²) in [5.41, 5.74) is 1.38. The summed E-state index contributed by atoms with van der Waals surface area (Å²) >= 11 is 0. The number of hydrogen-bond donors (Lipinski definition) is 0. The molecule has 1 saturated carbocycles. The maximum absolute atomic E-state index is 14.4. The maximum atomic E-state index is 14.4. The smallest absolute Gasteiger partial charge is 0.250 e. The lowest BCUT2D eigenvalue weighted by molar-refractivity contribution is 0.283. The number of rotatable bonds is 7. The molecule has 168 valence electrons. The number of nitrogens with zero attached hydrogens (tertiary/aromatic N) is 5. The van der Waals surface area contributed by atoms with Gasteiger partial charge in [0.15, 0.2) is 0 Å². The third kappa shape index (κ3) is 4.59. The average Bonchev–Trinajstić information content (AvgIpc) is 3.44. The maximum Gasteiger partial charge on any atom is 0.250 e. The minimum atomic E-state index is -0.417. The first-order valence-electron chi connectivity index (χ1n) is 11.3. The van der Waals surface area contributed by atoms with Gasteiger partial charge in [0.2, 0.25) is 11.8 Å². The number of aryl methyl sites for hydroxylation is 2. The Labute approximate surface area is 187 Å². The molecule has 0 amide bonds. The standard InChI is InChI=1S/C24H28FN5O2/c1-15-13-26-24(27-14-15)30-8-5-17(6-9-30)21-11-18(21)7-10-31-19-3-4-20(22(25)12-19)23-29-28-16(2)32-23/h3-4,12-14,17-18,21H,5-11H2,1-2H3. The first kappa shape index (κ1) is 20.8. The topological polar surface area (TPSA) is 77.2 Å². The van der Waals surface area contributed by atoms with Gasteiger partial charge in [0.05, 0.1) is 12.2 Å². The molecule has 0 spiro atoms. The number of halogens is 1. The van der Waals surface area contributed by atoms with E-state index in [9.17, 15) is 4.39 Å². The van der Waals surface area contributed by atoms with Crippen molar-refractivity contribution in [2.24, 2.45) is 17.8 Å². The van der Waals surface area contributed by atoms with Gasteiger partial charge >= 0.3 is 0 Å². The first-order valence-corrected chi connectivity index (χ1v) is 11.3. The fourth-order valence-corrected chi connectivity index (χ4v) is 4.75. The Balaban J connectivity index is 1.06. The second-order valence-electron chi connectivity index (χ2n) is 8.95. The van der Waals surface area contributed by atoms with E-state index in [1.54, 1.807) is 19.1 Å². The van der Waals surface area contributed by atoms with E-state index in [1.165, 1.54) is 25.3 Å². The molecule has 32 heavy (non-hydrogen) atoms. The van der Waals surface area contributed by atoms with Crippen LogP contribution < -0.4 is 9.64 Å². The van der Waals surface area contributed by atoms with Gasteiger partial charge in [-0.05, 0) is 68.1 Å². The molecule has 0 bridgehead atoms. The van der Waals surface area contributed by atoms with Gasteiger partial charge in [-0.2, -0.15) is 0 Å². The second kappa shape index (κ2) is 8.84. The predicted molar refractivity (Wildman–Crippen MR) is 118 cm³/mol. The molecule has 3 heterocycles. The van der Waals surface area contributed by atoms with E-state index in [2.05, 4.69) is 25.1 Å². The Hall–Kier alpha value is -3.03. The molecule has 5 rings (SSSR count). The van der Waals surface area contributed by atoms with E-state index >= 15 is 0 Å². The molecule has 1 aromatic carbocycles. The van der Waals surface area contributed by atoms with Gasteiger partial charge in [0, 0.05) is 38.5 Å². The summed E-state index contributed by atoms with van der Waals surface area (Å²) in [5, 5.41) is 7.62. The Bertz CT molecular complexity index is 1060. The van der Waals surface area contributed by atoms with Crippen LogP contribution in [0, 0.1) is 37.4 Å². The highest BCUT2D eigenvalue weighted by atomic mass is 19.1. The minimum Gasteiger partial charge on any atom is -0.493 e. The van der Waals surface area contributed by atoms with Crippen molar-refractivity contribution in [3.63, 3.8) is 0 Å². The largest absolute Gasteiger partial charge is 0.493 e. The summed E-state index contributed by atoms with van der Waals surface area (Å²) in [6, 6.07) is 4.77. The van der Waals surface area contributed by atoms with Crippen molar-refractivity contribution in [1.29, 1.82) is 0 Å². The van der Waals surface area contributed by atoms with Gasteiger partial charge in [-0.1, -0.05) is 0 Å². The number of ether oxygens (including phenoxy) is 1. The van der Waals surface area contributed by atoms with E-state index in [1.807, 2.05) is 19.3 Å². The van der Waals surface area contributed by atoms with Crippen LogP contribution in [-0.4, -0.2) is 39.9 Å². The van der Waals surface area contributed by atoms with Gasteiger partial charge < -0.3 is 14.1 Å². The average molecular weight is 438 g/mol. The Kier molecular flexibility index (Phi) is 5.76. The number of hydrogen-bond acceptors (Lipinski definition) is 7. The van der Waals surface area contributed by atoms with E-state index in [0.29, 0.717) is 29.7 Å². The van der Waals surface area contributed by atoms with Crippen LogP contribution >= 0.6 is 0 Å². The third-order valence-electron chi connectivity index (χ3n) is 6.63. The fourth-order valence-electron chi connectivity index (χ4n) is 4.75. The van der Waals surface area contributed by atoms with Gasteiger partial charge in [-0.3, -0.25) is 0 Å². The van der Waals surface area contributed by atoms with Crippen molar-refractivity contribution in [3.05, 3.63) is 47.9 Å². The van der Waals surface area contributed by atoms with E-state index in [0.717, 1.165) is 42.9 Å². The Morgan fingerprint density at radius 3 is 2.59 bits per heavy atom. The molecular formula is C24H28FN5O2. The van der Waals surface area contributed by atoms with Crippen LogP contribution in [0.5, 0.6) is 5.75 Å². The quantitative estimate of drug-likeness (QED) is 0.534. The molecule has 3 aromatic rings. The van der Waals surface area contributed by atoms with Crippen molar-refractivity contribution in [1.82, 2.24) is 20.2 Å². The zero-order chi connectivity index (χ0) is 22.1. The summed E-state index contributed by atoms with van der Waals surface area (Å²) in [5.74, 6) is 3.84. The molecule has 7 nitrogen and oxygen atoms in total. The predicted octanol–water partition coefficient (Wildman–Crippen LogP) is 4.60. The summed E-state index contributed by atoms with van der Waals surface area (Å²) in [7, 11) is 0. The molecule has 1 aliphatic heterocycles. The van der Waals surface area contributed by atoms with Crippen molar-refractivity contribution in [2.45, 2.75) is 39.5 Å². The molecule has 2 fully saturated rings. The molecule has 2 aromatic heterocycles. The molecule has 2 aliphatic rings. The van der Waals surface area contributed by atoms with Crippen LogP contribution in [0.2, 0.25) is 0 Å². The van der Waals surface area contributed by atoms with Crippen molar-refractivity contribution < 1.29 is 13.5 Å². The molecule has 0 N–H and O–H groups in total. The molecule has 2 atom stereocenters. The molecule has 1 aliphatic carbocycles. The van der Waals surface area contributed by atoms with Crippen molar-refractivity contribution in [3.8, 4) is 17.2 Å². The van der Waals surface area contributed by atoms with E-state index < -0.39 is 5.82 Å². The third-order valence-corrected chi connectivity index (χ3v) is 6.63. The molecule has 8 heteroatoms. The molecule has 1 saturated heterocycles. The first-order chi connectivity index (χ1) is 15.6. The molecule has 2 unspecified atom stereocenters. The zero-order valence-electron chi connectivity index (χ0n) is 18.5. The number of aromatic nitrogens is 4. The lowest BCUT2D eigenvalue weighted by Crippen LogP contribution is -2.35. The van der Waals surface area contributed by atoms with Gasteiger partial charge in [0.1, 0.15) is 11.6 Å². The van der Waals surface area contributed by atoms with Crippen LogP contribution in [0.25, 0.3) is 11.5 Å². The highest BCUT2D eigenvalue weighted by Crippen LogP contribution is 2.49. The number of benzene rings is 1. The summed E-state index contributed by atoms with van der Waals surface area (Å²) < 4.78 is 25.5. The summed E-state index contributed by atoms with van der Waals surface area (Å²) in [6.45, 7) is 6.35. The van der Waals surface area contributed by atoms with Crippen LogP contribution in [0.3, 0.4) is 0 Å². The summed E-state index contributed by atoms with van der Waals surface area (Å²) in [4.78, 5) is 11.2. The second-order valence-corrected chi connectivity index (χ2v) is 8.95. The van der Waals surface area contributed by atoms with E-state index in [4.69, 9.17) is 9.15 Å². The Morgan fingerprint density at radius 1 is 1.12 bits per heavy atom. The SMILES string of the molecule is Cc1cnc(N2CCC(C3CC3CCOc3ccc(-c4nnc(C)o4)c(F)c3)CC2)nc1. The normalized spacial score (nSPS) is 21.0. The van der Waals surface area contributed by atoms with Crippen molar-refractivity contribution >= 4 is 5.95 Å². The lowest BCUT2D eigenvalue weighted by Gasteiger charge is -2.32. The zero-order valence-corrected chi connectivity index (χ0v) is 18.5. The highest BCUT2D eigenvalue weighted by molar-refractivity contribution is 5.55. The number of anilines is 1. The van der Waals surface area contributed by atoms with Gasteiger partial charge in [-0.25, -0.2) is 14.4 Å². The van der Waals surface area contributed by atoms with Crippen LogP contribution in [-0.2, 0) is 0 Å². The lowest BCUT2D eigenvalue weighted by atomic mass is 9.90. The minimum absolute atomic E-state index is 0.187. The van der Waals surface area contributed by atoms with E-state index in [-0.39, 0.29) is 5.89 Å². The fraction of sp³-hybridized carbons (Fsp3) is 0.500. The molecule has 0 radical (unpaired) electrons. The van der Waals surface area contributed by atoms with Crippen LogP contribution in [0.4, 0.5) is 10.3 Å².